The minimum Gasteiger partial charge on any atom is -0.456 e. The van der Waals surface area contributed by atoms with Crippen molar-refractivity contribution in [1.29, 1.82) is 0 Å². The molecule has 1 spiro atoms. The van der Waals surface area contributed by atoms with E-state index in [0.29, 0.717) is 44.4 Å². The highest BCUT2D eigenvalue weighted by atomic mass is 32.1. The maximum absolute atomic E-state index is 13.0. The summed E-state index contributed by atoms with van der Waals surface area (Å²) in [5.41, 5.74) is -0.213. The number of hydrogen-bond acceptors (Lipinski definition) is 5. The molecule has 0 aliphatic carbocycles. The number of nitrogens with one attached hydrogen (secondary N) is 1. The number of nitrogens with zero attached hydrogens (tertiary/aromatic N) is 1. The molecule has 2 amide bonds. The molecule has 2 fully saturated rings. The molecule has 7 heteroatoms. The third-order valence-corrected chi connectivity index (χ3v) is 6.58. The van der Waals surface area contributed by atoms with Crippen LogP contribution >= 0.6 is 11.3 Å². The predicted molar refractivity (Wildman–Crippen MR) is 101 cm³/mol. The van der Waals surface area contributed by atoms with Crippen molar-refractivity contribution < 1.29 is 18.7 Å². The van der Waals surface area contributed by atoms with Crippen molar-refractivity contribution in [2.24, 2.45) is 11.3 Å². The number of carbonyl (C=O) groups excluding carboxylic acids is 2. The van der Waals surface area contributed by atoms with Gasteiger partial charge in [-0.05, 0) is 43.3 Å². The van der Waals surface area contributed by atoms with Crippen LogP contribution in [0.2, 0.25) is 0 Å². The summed E-state index contributed by atoms with van der Waals surface area (Å²) in [6, 6.07) is 7.49. The Kier molecular flexibility index (Phi) is 5.06. The van der Waals surface area contributed by atoms with Crippen LogP contribution in [-0.2, 0) is 16.1 Å². The standard InChI is InChI=1S/C20H24N2O4S/c1-14-4-5-17(26-14)19(24)22-12-16(20(13-22)6-8-25-9-7-20)18(23)21-11-15-3-2-10-27-15/h2-5,10,16H,6-9,11-13H2,1H3,(H,21,23). The molecule has 0 bridgehead atoms. The first kappa shape index (κ1) is 18.3. The Morgan fingerprint density at radius 2 is 2.11 bits per heavy atom. The summed E-state index contributed by atoms with van der Waals surface area (Å²) in [6.07, 6.45) is 1.59. The molecule has 6 nitrogen and oxygen atoms in total. The van der Waals surface area contributed by atoms with Crippen LogP contribution < -0.4 is 5.32 Å². The number of furan rings is 1. The molecule has 0 saturated carbocycles. The van der Waals surface area contributed by atoms with Crippen LogP contribution in [0.15, 0.2) is 34.1 Å². The molecular weight excluding hydrogens is 364 g/mol. The molecule has 27 heavy (non-hydrogen) atoms. The maximum Gasteiger partial charge on any atom is 0.289 e. The Bertz CT molecular complexity index is 808. The van der Waals surface area contributed by atoms with Crippen molar-refractivity contribution in [1.82, 2.24) is 10.2 Å². The fourth-order valence-corrected chi connectivity index (χ4v) is 4.83. The van der Waals surface area contributed by atoms with Crippen LogP contribution in [-0.4, -0.2) is 43.0 Å². The van der Waals surface area contributed by atoms with Crippen LogP contribution in [0.3, 0.4) is 0 Å². The fraction of sp³-hybridized carbons (Fsp3) is 0.500. The van der Waals surface area contributed by atoms with Crippen LogP contribution in [0.5, 0.6) is 0 Å². The van der Waals surface area contributed by atoms with Crippen LogP contribution in [0, 0.1) is 18.3 Å². The van der Waals surface area contributed by atoms with Gasteiger partial charge in [0.05, 0.1) is 12.5 Å². The van der Waals surface area contributed by atoms with Gasteiger partial charge in [-0.25, -0.2) is 0 Å². The summed E-state index contributed by atoms with van der Waals surface area (Å²) in [5, 5.41) is 5.07. The quantitative estimate of drug-likeness (QED) is 0.874. The average molecular weight is 388 g/mol. The SMILES string of the molecule is Cc1ccc(C(=O)N2CC(C(=O)NCc3cccs3)C3(CCOCC3)C2)o1. The van der Waals surface area contributed by atoms with Gasteiger partial charge in [0.2, 0.25) is 5.91 Å². The number of likely N-dealkylation sites (tertiary alicyclic amines) is 1. The Morgan fingerprint density at radius 3 is 2.78 bits per heavy atom. The smallest absolute Gasteiger partial charge is 0.289 e. The van der Waals surface area contributed by atoms with Gasteiger partial charge in [0, 0.05) is 36.6 Å². The molecule has 4 rings (SSSR count). The van der Waals surface area contributed by atoms with E-state index in [-0.39, 0.29) is 23.1 Å². The van der Waals surface area contributed by atoms with Crippen LogP contribution in [0.25, 0.3) is 0 Å². The normalized spacial score (nSPS) is 21.5. The van der Waals surface area contributed by atoms with E-state index in [2.05, 4.69) is 5.32 Å². The zero-order chi connectivity index (χ0) is 18.9. The van der Waals surface area contributed by atoms with E-state index in [9.17, 15) is 9.59 Å². The summed E-state index contributed by atoms with van der Waals surface area (Å²) in [5.74, 6) is 0.720. The zero-order valence-corrected chi connectivity index (χ0v) is 16.2. The Labute approximate surface area is 162 Å². The van der Waals surface area contributed by atoms with E-state index in [0.717, 1.165) is 17.7 Å². The number of hydrogen-bond donors (Lipinski definition) is 1. The average Bonchev–Trinajstić information content (AvgIpc) is 3.40. The number of thiophene rings is 1. The van der Waals surface area contributed by atoms with Gasteiger partial charge < -0.3 is 19.4 Å². The molecule has 0 aromatic carbocycles. The molecule has 0 radical (unpaired) electrons. The monoisotopic (exact) mass is 388 g/mol. The first-order valence-corrected chi connectivity index (χ1v) is 10.2. The maximum atomic E-state index is 13.0. The third-order valence-electron chi connectivity index (χ3n) is 5.71. The highest BCUT2D eigenvalue weighted by Crippen LogP contribution is 2.44. The molecule has 2 aromatic heterocycles. The second-order valence-corrected chi connectivity index (χ2v) is 8.45. The molecule has 2 aliphatic rings. The van der Waals surface area contributed by atoms with Crippen molar-refractivity contribution in [3.8, 4) is 0 Å². The number of rotatable bonds is 4. The van der Waals surface area contributed by atoms with Gasteiger partial charge in [-0.3, -0.25) is 9.59 Å². The van der Waals surface area contributed by atoms with Crippen LogP contribution in [0.1, 0.15) is 34.0 Å². The largest absolute Gasteiger partial charge is 0.456 e. The van der Waals surface area contributed by atoms with Gasteiger partial charge in [-0.2, -0.15) is 0 Å². The Hall–Kier alpha value is -2.12. The number of carbonyl (C=O) groups is 2. The number of aryl methyl sites for hydroxylation is 1. The number of amides is 2. The van der Waals surface area contributed by atoms with Crippen molar-refractivity contribution in [3.05, 3.63) is 46.0 Å². The van der Waals surface area contributed by atoms with E-state index in [1.807, 2.05) is 24.4 Å². The van der Waals surface area contributed by atoms with Gasteiger partial charge in [0.15, 0.2) is 5.76 Å². The van der Waals surface area contributed by atoms with Gasteiger partial charge in [0.1, 0.15) is 5.76 Å². The van der Waals surface area contributed by atoms with Crippen molar-refractivity contribution in [3.63, 3.8) is 0 Å². The summed E-state index contributed by atoms with van der Waals surface area (Å²) in [7, 11) is 0. The first-order valence-electron chi connectivity index (χ1n) is 9.31. The molecular formula is C20H24N2O4S. The van der Waals surface area contributed by atoms with E-state index < -0.39 is 0 Å². The highest BCUT2D eigenvalue weighted by molar-refractivity contribution is 7.09. The first-order chi connectivity index (χ1) is 13.1. The van der Waals surface area contributed by atoms with Gasteiger partial charge in [-0.1, -0.05) is 6.07 Å². The van der Waals surface area contributed by atoms with Gasteiger partial charge >= 0.3 is 0 Å². The van der Waals surface area contributed by atoms with Gasteiger partial charge in [-0.15, -0.1) is 11.3 Å². The predicted octanol–water partition coefficient (Wildman–Crippen LogP) is 2.83. The lowest BCUT2D eigenvalue weighted by Gasteiger charge is -2.37. The van der Waals surface area contributed by atoms with E-state index >= 15 is 0 Å². The van der Waals surface area contributed by atoms with Crippen molar-refractivity contribution in [2.45, 2.75) is 26.3 Å². The molecule has 2 aromatic rings. The molecule has 2 aliphatic heterocycles. The molecule has 1 atom stereocenters. The summed E-state index contributed by atoms with van der Waals surface area (Å²) in [4.78, 5) is 28.8. The second-order valence-electron chi connectivity index (χ2n) is 7.42. The van der Waals surface area contributed by atoms with Crippen molar-refractivity contribution >= 4 is 23.2 Å². The lowest BCUT2D eigenvalue weighted by atomic mass is 9.72. The lowest BCUT2D eigenvalue weighted by molar-refractivity contribution is -0.130. The molecule has 2 saturated heterocycles. The van der Waals surface area contributed by atoms with Crippen LogP contribution in [0.4, 0.5) is 0 Å². The third kappa shape index (κ3) is 3.66. The summed E-state index contributed by atoms with van der Waals surface area (Å²) < 4.78 is 11.0. The topological polar surface area (TPSA) is 71.8 Å². The van der Waals surface area contributed by atoms with E-state index in [1.54, 1.807) is 28.4 Å². The fourth-order valence-electron chi connectivity index (χ4n) is 4.19. The second kappa shape index (κ2) is 7.48. The molecule has 1 unspecified atom stereocenters. The Morgan fingerprint density at radius 1 is 1.30 bits per heavy atom. The van der Waals surface area contributed by atoms with E-state index in [4.69, 9.17) is 9.15 Å². The summed E-state index contributed by atoms with van der Waals surface area (Å²) in [6.45, 7) is 4.63. The van der Waals surface area contributed by atoms with Gasteiger partial charge in [0.25, 0.3) is 5.91 Å². The molecule has 4 heterocycles. The summed E-state index contributed by atoms with van der Waals surface area (Å²) >= 11 is 1.63. The highest BCUT2D eigenvalue weighted by Gasteiger charge is 2.52. The Balaban J connectivity index is 1.51. The van der Waals surface area contributed by atoms with Crippen molar-refractivity contribution in [2.75, 3.05) is 26.3 Å². The zero-order valence-electron chi connectivity index (χ0n) is 15.4. The minimum atomic E-state index is -0.221. The minimum absolute atomic E-state index is 0.0243. The lowest BCUT2D eigenvalue weighted by Crippen LogP contribution is -2.44. The molecule has 144 valence electrons. The number of ether oxygens (including phenoxy) is 1. The van der Waals surface area contributed by atoms with E-state index in [1.165, 1.54) is 0 Å². The molecule has 1 N–H and O–H groups in total.